The van der Waals surface area contributed by atoms with Crippen LogP contribution in [0.4, 0.5) is 0 Å². The van der Waals surface area contributed by atoms with Gasteiger partial charge < -0.3 is 0 Å². The molecular weight excluding hydrogens is 156 g/mol. The van der Waals surface area contributed by atoms with Crippen molar-refractivity contribution in [2.24, 2.45) is 11.8 Å². The lowest BCUT2D eigenvalue weighted by molar-refractivity contribution is 0.0529. The van der Waals surface area contributed by atoms with Crippen LogP contribution < -0.4 is 0 Å². The third-order valence-electron chi connectivity index (χ3n) is 2.95. The van der Waals surface area contributed by atoms with E-state index in [1.807, 2.05) is 0 Å². The van der Waals surface area contributed by atoms with Crippen molar-refractivity contribution in [3.05, 3.63) is 0 Å². The molecule has 1 unspecified atom stereocenters. The predicted molar refractivity (Wildman–Crippen MR) is 47.9 cm³/mol. The molecule has 0 spiro atoms. The first-order chi connectivity index (χ1) is 5.12. The average molecular weight is 172 g/mol. The van der Waals surface area contributed by atoms with Crippen molar-refractivity contribution in [2.45, 2.75) is 37.9 Å². The average Bonchev–Trinajstić information content (AvgIpc) is 1.50. The fourth-order valence-electron chi connectivity index (χ4n) is 2.16. The van der Waals surface area contributed by atoms with E-state index in [0.29, 0.717) is 10.7 Å². The molecule has 2 bridgehead atoms. The summed E-state index contributed by atoms with van der Waals surface area (Å²) in [5.74, 6) is 2.49. The predicted octanol–water partition coefficient (Wildman–Crippen LogP) is 1.94. The molecule has 1 atom stereocenters. The van der Waals surface area contributed by atoms with E-state index >= 15 is 0 Å². The normalized spacial score (nSPS) is 43.0. The zero-order chi connectivity index (χ0) is 8.06. The molecule has 0 aromatic rings. The van der Waals surface area contributed by atoms with Crippen molar-refractivity contribution >= 4 is 10.8 Å². The maximum atomic E-state index is 11.7. The summed E-state index contributed by atoms with van der Waals surface area (Å²) in [6.07, 6.45) is 3.81. The maximum Gasteiger partial charge on any atom is 0.0467 e. The molecule has 3 aliphatic carbocycles. The molecule has 0 saturated heterocycles. The minimum absolute atomic E-state index is 0.328. The van der Waals surface area contributed by atoms with Crippen LogP contribution in [0.1, 0.15) is 33.1 Å². The van der Waals surface area contributed by atoms with Crippen LogP contribution in [0.2, 0.25) is 0 Å². The van der Waals surface area contributed by atoms with Crippen LogP contribution in [0.3, 0.4) is 0 Å². The van der Waals surface area contributed by atoms with Crippen LogP contribution in [0, 0.1) is 11.8 Å². The van der Waals surface area contributed by atoms with Crippen molar-refractivity contribution in [1.29, 1.82) is 0 Å². The minimum atomic E-state index is -0.508. The van der Waals surface area contributed by atoms with Gasteiger partial charge in [-0.25, -0.2) is 0 Å². The van der Waals surface area contributed by atoms with Crippen LogP contribution in [0.25, 0.3) is 0 Å². The summed E-state index contributed by atoms with van der Waals surface area (Å²) >= 11 is 0. The van der Waals surface area contributed by atoms with Gasteiger partial charge in [0.15, 0.2) is 0 Å². The highest BCUT2D eigenvalue weighted by Gasteiger charge is 2.60. The van der Waals surface area contributed by atoms with E-state index in [0.717, 1.165) is 11.7 Å². The van der Waals surface area contributed by atoms with Crippen molar-refractivity contribution in [1.82, 2.24) is 0 Å². The fourth-order valence-corrected chi connectivity index (χ4v) is 4.38. The maximum absolute atomic E-state index is 11.7. The van der Waals surface area contributed by atoms with Crippen LogP contribution in [-0.4, -0.2) is 14.7 Å². The summed E-state index contributed by atoms with van der Waals surface area (Å²) in [5, 5.41) is 0. The van der Waals surface area contributed by atoms with Gasteiger partial charge in [-0.1, -0.05) is 13.8 Å². The van der Waals surface area contributed by atoms with Gasteiger partial charge in [0.05, 0.1) is 0 Å². The third kappa shape index (κ3) is 1.07. The van der Waals surface area contributed by atoms with E-state index in [9.17, 15) is 4.21 Å². The Balaban J connectivity index is 1.90. The molecule has 0 radical (unpaired) electrons. The second-order valence-electron chi connectivity index (χ2n) is 4.57. The molecule has 0 N–H and O–H groups in total. The van der Waals surface area contributed by atoms with E-state index in [1.54, 1.807) is 0 Å². The Morgan fingerprint density at radius 1 is 1.45 bits per heavy atom. The van der Waals surface area contributed by atoms with E-state index < -0.39 is 10.8 Å². The Hall–Kier alpha value is 0.150. The highest BCUT2D eigenvalue weighted by atomic mass is 32.2. The van der Waals surface area contributed by atoms with Gasteiger partial charge in [0, 0.05) is 21.3 Å². The second-order valence-corrected chi connectivity index (χ2v) is 6.46. The summed E-state index contributed by atoms with van der Waals surface area (Å²) in [6, 6.07) is 0. The van der Waals surface area contributed by atoms with Crippen molar-refractivity contribution in [3.63, 3.8) is 0 Å². The largest absolute Gasteiger partial charge is 0.259 e. The molecule has 3 rings (SSSR count). The lowest BCUT2D eigenvalue weighted by Crippen LogP contribution is -2.61. The van der Waals surface area contributed by atoms with Crippen molar-refractivity contribution < 1.29 is 4.21 Å². The van der Waals surface area contributed by atoms with E-state index in [2.05, 4.69) is 13.8 Å². The van der Waals surface area contributed by atoms with Crippen LogP contribution in [0.15, 0.2) is 0 Å². The summed E-state index contributed by atoms with van der Waals surface area (Å²) in [7, 11) is -0.508. The standard InChI is InChI=1S/C9H16OS/c1-7(2)6-11(10)9-3-8(4-9)5-9/h7-8H,3-6H2,1-2H3. The number of hydrogen-bond acceptors (Lipinski definition) is 1. The summed E-state index contributed by atoms with van der Waals surface area (Å²) in [5.41, 5.74) is 0. The topological polar surface area (TPSA) is 17.1 Å². The molecule has 3 saturated carbocycles. The smallest absolute Gasteiger partial charge is 0.0467 e. The molecule has 0 heterocycles. The van der Waals surface area contributed by atoms with Crippen LogP contribution >= 0.6 is 0 Å². The molecular formula is C9H16OS. The Labute approximate surface area is 71.0 Å². The van der Waals surface area contributed by atoms with Crippen LogP contribution in [-0.2, 0) is 10.8 Å². The Morgan fingerprint density at radius 2 is 2.00 bits per heavy atom. The van der Waals surface area contributed by atoms with Gasteiger partial charge in [0.2, 0.25) is 0 Å². The SMILES string of the molecule is CC(C)CS(=O)C12CC(C1)C2. The van der Waals surface area contributed by atoms with Gasteiger partial charge in [-0.2, -0.15) is 0 Å². The lowest BCUT2D eigenvalue weighted by atomic mass is 9.55. The molecule has 0 aliphatic heterocycles. The zero-order valence-electron chi connectivity index (χ0n) is 7.30. The number of rotatable bonds is 3. The third-order valence-corrected chi connectivity index (χ3v) is 5.39. The molecule has 0 aromatic heterocycles. The molecule has 0 aromatic carbocycles. The van der Waals surface area contributed by atoms with Gasteiger partial charge >= 0.3 is 0 Å². The molecule has 3 fully saturated rings. The molecule has 1 nitrogen and oxygen atoms in total. The van der Waals surface area contributed by atoms with Gasteiger partial charge in [-0.05, 0) is 31.1 Å². The van der Waals surface area contributed by atoms with Gasteiger partial charge in [0.25, 0.3) is 0 Å². The summed E-state index contributed by atoms with van der Waals surface area (Å²) < 4.78 is 12.0. The number of hydrogen-bond donors (Lipinski definition) is 0. The minimum Gasteiger partial charge on any atom is -0.259 e. The van der Waals surface area contributed by atoms with Crippen molar-refractivity contribution in [3.8, 4) is 0 Å². The lowest BCUT2D eigenvalue weighted by Gasteiger charge is -2.60. The quantitative estimate of drug-likeness (QED) is 0.636. The monoisotopic (exact) mass is 172 g/mol. The zero-order valence-corrected chi connectivity index (χ0v) is 8.12. The van der Waals surface area contributed by atoms with Crippen molar-refractivity contribution in [2.75, 3.05) is 5.75 Å². The molecule has 64 valence electrons. The van der Waals surface area contributed by atoms with Gasteiger partial charge in [-0.3, -0.25) is 4.21 Å². The first-order valence-electron chi connectivity index (χ1n) is 4.51. The molecule has 2 heteroatoms. The molecule has 3 aliphatic rings. The first-order valence-corrected chi connectivity index (χ1v) is 5.83. The van der Waals surface area contributed by atoms with Gasteiger partial charge in [0.1, 0.15) is 0 Å². The highest BCUT2D eigenvalue weighted by Crippen LogP contribution is 2.60. The van der Waals surface area contributed by atoms with E-state index in [4.69, 9.17) is 0 Å². The second kappa shape index (κ2) is 2.32. The first kappa shape index (κ1) is 7.78. The highest BCUT2D eigenvalue weighted by molar-refractivity contribution is 7.86. The van der Waals surface area contributed by atoms with Gasteiger partial charge in [-0.15, -0.1) is 0 Å². The Kier molecular flexibility index (Phi) is 1.64. The Morgan fingerprint density at radius 3 is 2.27 bits per heavy atom. The molecule has 0 amide bonds. The van der Waals surface area contributed by atoms with E-state index in [-0.39, 0.29) is 0 Å². The molecule has 11 heavy (non-hydrogen) atoms. The summed E-state index contributed by atoms with van der Waals surface area (Å²) in [4.78, 5) is 0. The summed E-state index contributed by atoms with van der Waals surface area (Å²) in [6.45, 7) is 4.31. The van der Waals surface area contributed by atoms with Crippen LogP contribution in [0.5, 0.6) is 0 Å². The fraction of sp³-hybridized carbons (Fsp3) is 1.00. The Bertz CT molecular complexity index is 181. The van der Waals surface area contributed by atoms with E-state index in [1.165, 1.54) is 19.3 Å².